The lowest BCUT2D eigenvalue weighted by molar-refractivity contribution is -0.132. The van der Waals surface area contributed by atoms with E-state index in [4.69, 9.17) is 4.74 Å². The number of thioether (sulfide) groups is 1. The number of benzene rings is 1. The predicted molar refractivity (Wildman–Crippen MR) is 107 cm³/mol. The second-order valence-electron chi connectivity index (χ2n) is 6.30. The molecule has 1 atom stereocenters. The molecule has 1 heterocycles. The molecule has 0 aliphatic carbocycles. The number of carbonyl (C=O) groups is 3. The second-order valence-corrected chi connectivity index (χ2v) is 7.28. The molecule has 1 unspecified atom stereocenters. The van der Waals surface area contributed by atoms with Crippen molar-refractivity contribution in [3.8, 4) is 0 Å². The number of hydrogen-bond acceptors (Lipinski definition) is 5. The Hall–Kier alpha value is -2.06. The molecule has 2 rings (SSSR count). The van der Waals surface area contributed by atoms with Crippen LogP contribution in [-0.2, 0) is 19.1 Å². The molecule has 0 bridgehead atoms. The van der Waals surface area contributed by atoms with Crippen LogP contribution in [-0.4, -0.2) is 60.4 Å². The largest absolute Gasteiger partial charge is 0.378 e. The van der Waals surface area contributed by atoms with Gasteiger partial charge in [-0.15, -0.1) is 11.8 Å². The fourth-order valence-corrected chi connectivity index (χ4v) is 3.33. The molecule has 1 aliphatic rings. The lowest BCUT2D eigenvalue weighted by atomic mass is 10.1. The van der Waals surface area contributed by atoms with E-state index in [-0.39, 0.29) is 29.5 Å². The molecule has 1 saturated heterocycles. The van der Waals surface area contributed by atoms with Crippen molar-refractivity contribution in [2.75, 3.05) is 43.1 Å². The zero-order valence-electron chi connectivity index (χ0n) is 15.8. The summed E-state index contributed by atoms with van der Waals surface area (Å²) in [6, 6.07) is 7.25. The molecule has 1 fully saturated rings. The van der Waals surface area contributed by atoms with Crippen LogP contribution in [0, 0.1) is 0 Å². The van der Waals surface area contributed by atoms with Crippen molar-refractivity contribution in [2.24, 2.45) is 0 Å². The number of anilines is 1. The molecule has 1 aromatic carbocycles. The van der Waals surface area contributed by atoms with E-state index in [1.807, 2.05) is 31.2 Å². The van der Waals surface area contributed by atoms with Gasteiger partial charge in [-0.1, -0.05) is 19.1 Å². The van der Waals surface area contributed by atoms with Gasteiger partial charge in [0.05, 0.1) is 30.8 Å². The third-order valence-corrected chi connectivity index (χ3v) is 5.13. The summed E-state index contributed by atoms with van der Waals surface area (Å²) in [5.41, 5.74) is 1.69. The lowest BCUT2D eigenvalue weighted by Crippen LogP contribution is -2.41. The standard InChI is InChI=1S/C19H27N3O4S/c1-3-17(23)21-16-6-4-15(5-7-16)14(2)20-18(24)12-27-13-19(25)22-8-10-26-11-9-22/h4-7,14H,3,8-13H2,1-2H3,(H,20,24)(H,21,23). The van der Waals surface area contributed by atoms with Gasteiger partial charge in [-0.25, -0.2) is 0 Å². The molecule has 0 radical (unpaired) electrons. The SMILES string of the molecule is CCC(=O)Nc1ccc(C(C)NC(=O)CSCC(=O)N2CCOCC2)cc1. The molecule has 1 aromatic rings. The summed E-state index contributed by atoms with van der Waals surface area (Å²) in [5, 5.41) is 5.72. The summed E-state index contributed by atoms with van der Waals surface area (Å²) in [5.74, 6) is 0.450. The van der Waals surface area contributed by atoms with Gasteiger partial charge in [0.2, 0.25) is 17.7 Å². The molecular weight excluding hydrogens is 366 g/mol. The normalized spacial score (nSPS) is 15.1. The van der Waals surface area contributed by atoms with Crippen LogP contribution in [0.1, 0.15) is 31.9 Å². The van der Waals surface area contributed by atoms with E-state index in [0.717, 1.165) is 11.3 Å². The van der Waals surface area contributed by atoms with E-state index in [0.29, 0.717) is 38.5 Å². The van der Waals surface area contributed by atoms with Crippen LogP contribution in [0.2, 0.25) is 0 Å². The Morgan fingerprint density at radius 1 is 1.11 bits per heavy atom. The quantitative estimate of drug-likeness (QED) is 0.703. The van der Waals surface area contributed by atoms with E-state index in [1.54, 1.807) is 11.8 Å². The first kappa shape index (κ1) is 21.2. The Morgan fingerprint density at radius 3 is 2.41 bits per heavy atom. The Balaban J connectivity index is 1.71. The minimum atomic E-state index is -0.149. The van der Waals surface area contributed by atoms with Crippen molar-refractivity contribution in [3.05, 3.63) is 29.8 Å². The molecule has 0 aromatic heterocycles. The van der Waals surface area contributed by atoms with Gasteiger partial charge in [0.1, 0.15) is 0 Å². The number of nitrogens with one attached hydrogen (secondary N) is 2. The van der Waals surface area contributed by atoms with E-state index in [9.17, 15) is 14.4 Å². The highest BCUT2D eigenvalue weighted by molar-refractivity contribution is 8.00. The molecule has 3 amide bonds. The van der Waals surface area contributed by atoms with Gasteiger partial charge in [-0.05, 0) is 24.6 Å². The van der Waals surface area contributed by atoms with Crippen LogP contribution in [0.5, 0.6) is 0 Å². The Kier molecular flexibility index (Phi) is 8.60. The number of ether oxygens (including phenoxy) is 1. The van der Waals surface area contributed by atoms with Gasteiger partial charge < -0.3 is 20.3 Å². The maximum atomic E-state index is 12.1. The van der Waals surface area contributed by atoms with E-state index < -0.39 is 0 Å². The van der Waals surface area contributed by atoms with E-state index in [2.05, 4.69) is 10.6 Å². The first-order valence-electron chi connectivity index (χ1n) is 9.12. The number of nitrogens with zero attached hydrogens (tertiary/aromatic N) is 1. The van der Waals surface area contributed by atoms with Gasteiger partial charge in [0.15, 0.2) is 0 Å². The lowest BCUT2D eigenvalue weighted by Gasteiger charge is -2.26. The third-order valence-electron chi connectivity index (χ3n) is 4.22. The molecule has 8 heteroatoms. The minimum absolute atomic E-state index is 0.0345. The molecular formula is C19H27N3O4S. The summed E-state index contributed by atoms with van der Waals surface area (Å²) in [6.45, 7) is 6.11. The minimum Gasteiger partial charge on any atom is -0.378 e. The van der Waals surface area contributed by atoms with E-state index in [1.165, 1.54) is 11.8 Å². The molecule has 27 heavy (non-hydrogen) atoms. The predicted octanol–water partition coefficient (Wildman–Crippen LogP) is 1.80. The summed E-state index contributed by atoms with van der Waals surface area (Å²) in [7, 11) is 0. The Morgan fingerprint density at radius 2 is 1.78 bits per heavy atom. The zero-order valence-corrected chi connectivity index (χ0v) is 16.6. The van der Waals surface area contributed by atoms with Gasteiger partial charge in [0, 0.05) is 25.2 Å². The number of carbonyl (C=O) groups excluding carboxylic acids is 3. The molecule has 148 valence electrons. The van der Waals surface area contributed by atoms with Crippen LogP contribution in [0.3, 0.4) is 0 Å². The van der Waals surface area contributed by atoms with Crippen molar-refractivity contribution >= 4 is 35.2 Å². The smallest absolute Gasteiger partial charge is 0.232 e. The van der Waals surface area contributed by atoms with Crippen molar-refractivity contribution < 1.29 is 19.1 Å². The highest BCUT2D eigenvalue weighted by atomic mass is 32.2. The summed E-state index contributed by atoms with van der Waals surface area (Å²) >= 11 is 1.32. The van der Waals surface area contributed by atoms with Crippen molar-refractivity contribution in [1.29, 1.82) is 0 Å². The molecule has 0 saturated carbocycles. The highest BCUT2D eigenvalue weighted by Gasteiger charge is 2.17. The third kappa shape index (κ3) is 7.22. The number of morpholine rings is 1. The Bertz CT molecular complexity index is 645. The fraction of sp³-hybridized carbons (Fsp3) is 0.526. The van der Waals surface area contributed by atoms with Gasteiger partial charge >= 0.3 is 0 Å². The van der Waals surface area contributed by atoms with Crippen LogP contribution >= 0.6 is 11.8 Å². The molecule has 0 spiro atoms. The second kappa shape index (κ2) is 10.9. The summed E-state index contributed by atoms with van der Waals surface area (Å²) in [4.78, 5) is 37.3. The Labute approximate surface area is 164 Å². The number of rotatable bonds is 8. The fourth-order valence-electron chi connectivity index (χ4n) is 2.61. The van der Waals surface area contributed by atoms with Gasteiger partial charge in [-0.2, -0.15) is 0 Å². The van der Waals surface area contributed by atoms with Crippen LogP contribution in [0.15, 0.2) is 24.3 Å². The topological polar surface area (TPSA) is 87.7 Å². The van der Waals surface area contributed by atoms with Crippen molar-refractivity contribution in [3.63, 3.8) is 0 Å². The summed E-state index contributed by atoms with van der Waals surface area (Å²) in [6.07, 6.45) is 0.430. The molecule has 2 N–H and O–H groups in total. The highest BCUT2D eigenvalue weighted by Crippen LogP contribution is 2.16. The molecule has 7 nitrogen and oxygen atoms in total. The first-order chi connectivity index (χ1) is 13.0. The van der Waals surface area contributed by atoms with E-state index >= 15 is 0 Å². The zero-order chi connectivity index (χ0) is 19.6. The van der Waals surface area contributed by atoms with Crippen LogP contribution in [0.4, 0.5) is 5.69 Å². The monoisotopic (exact) mass is 393 g/mol. The maximum absolute atomic E-state index is 12.1. The van der Waals surface area contributed by atoms with Crippen molar-refractivity contribution in [2.45, 2.75) is 26.3 Å². The summed E-state index contributed by atoms with van der Waals surface area (Å²) < 4.78 is 5.22. The average Bonchev–Trinajstić information content (AvgIpc) is 2.68. The van der Waals surface area contributed by atoms with Gasteiger partial charge in [-0.3, -0.25) is 14.4 Å². The number of hydrogen-bond donors (Lipinski definition) is 2. The van der Waals surface area contributed by atoms with Crippen LogP contribution < -0.4 is 10.6 Å². The van der Waals surface area contributed by atoms with Crippen LogP contribution in [0.25, 0.3) is 0 Å². The van der Waals surface area contributed by atoms with Crippen molar-refractivity contribution in [1.82, 2.24) is 10.2 Å². The first-order valence-corrected chi connectivity index (χ1v) is 10.3. The average molecular weight is 394 g/mol. The maximum Gasteiger partial charge on any atom is 0.232 e. The molecule has 1 aliphatic heterocycles. The van der Waals surface area contributed by atoms with Gasteiger partial charge in [0.25, 0.3) is 0 Å². The number of amides is 3.